The number of aromatic hydroxyl groups is 2. The molecular formula is C18H15NO3. The van der Waals surface area contributed by atoms with E-state index in [2.05, 4.69) is 29.2 Å². The first-order valence-corrected chi connectivity index (χ1v) is 7.16. The van der Waals surface area contributed by atoms with Crippen LogP contribution in [0.5, 0.6) is 17.5 Å². The van der Waals surface area contributed by atoms with Crippen molar-refractivity contribution in [2.45, 2.75) is 5.92 Å². The molecule has 0 atom stereocenters. The van der Waals surface area contributed by atoms with Gasteiger partial charge in [-0.3, -0.25) is 4.98 Å². The SMILES string of the molecule is Oc1cc(OCC2c3ccccc3-c3ccccc32)c(O)[nH]1. The number of fused-ring (bicyclic) bond motifs is 3. The van der Waals surface area contributed by atoms with Crippen LogP contribution >= 0.6 is 0 Å². The number of benzene rings is 2. The maximum atomic E-state index is 9.66. The van der Waals surface area contributed by atoms with Crippen LogP contribution in [0.15, 0.2) is 54.6 Å². The van der Waals surface area contributed by atoms with Crippen molar-refractivity contribution < 1.29 is 14.9 Å². The first-order valence-electron chi connectivity index (χ1n) is 7.16. The molecule has 1 aromatic heterocycles. The molecule has 2 aromatic carbocycles. The van der Waals surface area contributed by atoms with Gasteiger partial charge in [0.05, 0.1) is 6.61 Å². The Bertz CT molecular complexity index is 792. The Morgan fingerprint density at radius 2 is 1.50 bits per heavy atom. The fourth-order valence-corrected chi connectivity index (χ4v) is 3.13. The summed E-state index contributed by atoms with van der Waals surface area (Å²) in [5.41, 5.74) is 4.91. The first-order chi connectivity index (χ1) is 10.7. The Labute approximate surface area is 127 Å². The van der Waals surface area contributed by atoms with Crippen LogP contribution in [0.25, 0.3) is 11.1 Å². The molecule has 0 saturated heterocycles. The molecule has 0 radical (unpaired) electrons. The monoisotopic (exact) mass is 293 g/mol. The molecule has 1 aliphatic rings. The van der Waals surface area contributed by atoms with Gasteiger partial charge < -0.3 is 14.9 Å². The van der Waals surface area contributed by atoms with Crippen molar-refractivity contribution in [2.24, 2.45) is 0 Å². The Morgan fingerprint density at radius 3 is 2.05 bits per heavy atom. The standard InChI is InChI=1S/C18H15NO3/c20-17-9-16(18(21)19-17)22-10-15-13-7-3-1-5-11(13)12-6-2-4-8-14(12)15/h1-9,15,19-21H,10H2. The van der Waals surface area contributed by atoms with Crippen LogP contribution in [-0.4, -0.2) is 21.8 Å². The van der Waals surface area contributed by atoms with Gasteiger partial charge in [-0.15, -0.1) is 0 Å². The van der Waals surface area contributed by atoms with Crippen LogP contribution in [0.4, 0.5) is 0 Å². The van der Waals surface area contributed by atoms with Crippen molar-refractivity contribution in [1.29, 1.82) is 0 Å². The molecule has 22 heavy (non-hydrogen) atoms. The molecule has 3 aromatic rings. The number of nitrogens with one attached hydrogen (secondary N) is 1. The highest BCUT2D eigenvalue weighted by atomic mass is 16.5. The summed E-state index contributed by atoms with van der Waals surface area (Å²) < 4.78 is 5.71. The lowest BCUT2D eigenvalue weighted by Gasteiger charge is -2.14. The highest BCUT2D eigenvalue weighted by Crippen LogP contribution is 2.45. The largest absolute Gasteiger partial charge is 0.494 e. The minimum atomic E-state index is -0.155. The molecule has 0 amide bonds. The molecule has 0 spiro atoms. The Morgan fingerprint density at radius 1 is 0.909 bits per heavy atom. The van der Waals surface area contributed by atoms with Crippen molar-refractivity contribution in [2.75, 3.05) is 6.61 Å². The maximum Gasteiger partial charge on any atom is 0.235 e. The van der Waals surface area contributed by atoms with Gasteiger partial charge in [0, 0.05) is 12.0 Å². The Hall–Kier alpha value is -2.88. The molecule has 0 aliphatic heterocycles. The van der Waals surface area contributed by atoms with Crippen molar-refractivity contribution in [3.05, 3.63) is 65.7 Å². The van der Waals surface area contributed by atoms with E-state index in [1.54, 1.807) is 0 Å². The number of hydrogen-bond acceptors (Lipinski definition) is 3. The van der Waals surface area contributed by atoms with Gasteiger partial charge in [0.25, 0.3) is 0 Å². The van der Waals surface area contributed by atoms with Gasteiger partial charge in [-0.2, -0.15) is 0 Å². The summed E-state index contributed by atoms with van der Waals surface area (Å²) in [6.07, 6.45) is 0. The summed E-state index contributed by atoms with van der Waals surface area (Å²) in [7, 11) is 0. The third-order valence-corrected chi connectivity index (χ3v) is 4.12. The summed E-state index contributed by atoms with van der Waals surface area (Å²) >= 11 is 0. The third-order valence-electron chi connectivity index (χ3n) is 4.12. The van der Waals surface area contributed by atoms with E-state index < -0.39 is 0 Å². The number of aromatic nitrogens is 1. The average molecular weight is 293 g/mol. The van der Waals surface area contributed by atoms with Crippen molar-refractivity contribution in [1.82, 2.24) is 4.98 Å². The summed E-state index contributed by atoms with van der Waals surface area (Å²) in [6.45, 7) is 0.402. The molecule has 0 saturated carbocycles. The highest BCUT2D eigenvalue weighted by molar-refractivity contribution is 5.78. The van der Waals surface area contributed by atoms with E-state index in [9.17, 15) is 10.2 Å². The second-order valence-electron chi connectivity index (χ2n) is 5.41. The molecule has 1 aliphatic carbocycles. The number of rotatable bonds is 3. The van der Waals surface area contributed by atoms with Crippen LogP contribution < -0.4 is 4.74 Å². The van der Waals surface area contributed by atoms with Crippen LogP contribution in [0.1, 0.15) is 17.0 Å². The van der Waals surface area contributed by atoms with E-state index in [1.165, 1.54) is 28.3 Å². The second-order valence-corrected chi connectivity index (χ2v) is 5.41. The van der Waals surface area contributed by atoms with Gasteiger partial charge in [-0.1, -0.05) is 48.5 Å². The summed E-state index contributed by atoms with van der Waals surface area (Å²) in [5.74, 6) is 0.111. The Kier molecular flexibility index (Phi) is 2.82. The van der Waals surface area contributed by atoms with E-state index in [4.69, 9.17) is 4.74 Å². The minimum Gasteiger partial charge on any atom is -0.494 e. The average Bonchev–Trinajstić information content (AvgIpc) is 3.02. The summed E-state index contributed by atoms with van der Waals surface area (Å²) in [5, 5.41) is 19.0. The van der Waals surface area contributed by atoms with Gasteiger partial charge in [-0.05, 0) is 22.3 Å². The van der Waals surface area contributed by atoms with E-state index in [0.29, 0.717) is 6.61 Å². The minimum absolute atomic E-state index is 0.111. The van der Waals surface area contributed by atoms with Crippen LogP contribution in [0.3, 0.4) is 0 Å². The van der Waals surface area contributed by atoms with Crippen molar-refractivity contribution in [3.8, 4) is 28.6 Å². The van der Waals surface area contributed by atoms with E-state index in [-0.39, 0.29) is 23.4 Å². The summed E-state index contributed by atoms with van der Waals surface area (Å²) in [6, 6.07) is 18.0. The first kappa shape index (κ1) is 12.8. The maximum absolute atomic E-state index is 9.66. The molecule has 4 rings (SSSR count). The summed E-state index contributed by atoms with van der Waals surface area (Å²) in [4.78, 5) is 2.41. The number of H-pyrrole nitrogens is 1. The zero-order valence-corrected chi connectivity index (χ0v) is 11.8. The van der Waals surface area contributed by atoms with E-state index >= 15 is 0 Å². The van der Waals surface area contributed by atoms with Crippen LogP contribution in [0, 0.1) is 0 Å². The molecule has 4 nitrogen and oxygen atoms in total. The second kappa shape index (κ2) is 4.84. The zero-order chi connectivity index (χ0) is 15.1. The zero-order valence-electron chi connectivity index (χ0n) is 11.8. The fourth-order valence-electron chi connectivity index (χ4n) is 3.13. The van der Waals surface area contributed by atoms with Crippen LogP contribution in [0.2, 0.25) is 0 Å². The number of hydrogen-bond donors (Lipinski definition) is 3. The topological polar surface area (TPSA) is 65.5 Å². The van der Waals surface area contributed by atoms with Gasteiger partial charge >= 0.3 is 0 Å². The molecule has 3 N–H and O–H groups in total. The lowest BCUT2D eigenvalue weighted by atomic mass is 9.98. The van der Waals surface area contributed by atoms with Crippen molar-refractivity contribution in [3.63, 3.8) is 0 Å². The number of ether oxygens (including phenoxy) is 1. The quantitative estimate of drug-likeness (QED) is 0.691. The smallest absolute Gasteiger partial charge is 0.235 e. The van der Waals surface area contributed by atoms with Gasteiger partial charge in [0.1, 0.15) is 0 Å². The predicted molar refractivity (Wildman–Crippen MR) is 83.3 cm³/mol. The Balaban J connectivity index is 1.68. The predicted octanol–water partition coefficient (Wildman–Crippen LogP) is 3.62. The highest BCUT2D eigenvalue weighted by Gasteiger charge is 2.28. The molecule has 0 unspecified atom stereocenters. The molecule has 1 heterocycles. The number of aromatic amines is 1. The van der Waals surface area contributed by atoms with Crippen molar-refractivity contribution >= 4 is 0 Å². The van der Waals surface area contributed by atoms with Crippen LogP contribution in [-0.2, 0) is 0 Å². The van der Waals surface area contributed by atoms with Gasteiger partial charge in [0.2, 0.25) is 5.88 Å². The molecule has 4 heteroatoms. The fraction of sp³-hybridized carbons (Fsp3) is 0.111. The lowest BCUT2D eigenvalue weighted by molar-refractivity contribution is 0.288. The van der Waals surface area contributed by atoms with E-state index in [0.717, 1.165) is 0 Å². The van der Waals surface area contributed by atoms with Gasteiger partial charge in [-0.25, -0.2) is 0 Å². The molecule has 0 bridgehead atoms. The molecule has 110 valence electrons. The molecule has 0 fully saturated rings. The van der Waals surface area contributed by atoms with E-state index in [1.807, 2.05) is 24.3 Å². The van der Waals surface area contributed by atoms with Gasteiger partial charge in [0.15, 0.2) is 11.6 Å². The lowest BCUT2D eigenvalue weighted by Crippen LogP contribution is -2.09. The molecular weight excluding hydrogens is 278 g/mol. The third kappa shape index (κ3) is 1.92. The normalized spacial score (nSPS) is 12.9.